The van der Waals surface area contributed by atoms with E-state index in [9.17, 15) is 19.2 Å². The number of ether oxygens (including phenoxy) is 3. The Balaban J connectivity index is 0.00000341. The van der Waals surface area contributed by atoms with Gasteiger partial charge in [-0.05, 0) is 67.9 Å². The van der Waals surface area contributed by atoms with Crippen molar-refractivity contribution < 1.29 is 37.8 Å². The lowest BCUT2D eigenvalue weighted by Crippen LogP contribution is -2.58. The molecule has 13 nitrogen and oxygen atoms in total. The van der Waals surface area contributed by atoms with Gasteiger partial charge in [-0.15, -0.1) is 24.8 Å². The number of benzene rings is 4. The molecule has 0 radical (unpaired) electrons. The molecule has 3 heterocycles. The van der Waals surface area contributed by atoms with Crippen molar-refractivity contribution in [1.82, 2.24) is 25.0 Å². The van der Waals surface area contributed by atoms with Crippen molar-refractivity contribution in [3.05, 3.63) is 143 Å². The molecule has 1 aliphatic rings. The summed E-state index contributed by atoms with van der Waals surface area (Å²) in [5, 5.41) is 7.34. The van der Waals surface area contributed by atoms with Gasteiger partial charge in [-0.3, -0.25) is 14.3 Å². The van der Waals surface area contributed by atoms with Crippen LogP contribution in [0.3, 0.4) is 0 Å². The Morgan fingerprint density at radius 3 is 2.23 bits per heavy atom. The number of para-hydroxylation sites is 2. The van der Waals surface area contributed by atoms with Gasteiger partial charge in [0.25, 0.3) is 0 Å². The summed E-state index contributed by atoms with van der Waals surface area (Å²) in [5.74, 6) is -0.646. The Kier molecular flexibility index (Phi) is 15.4. The Bertz CT molecular complexity index is 2360. The van der Waals surface area contributed by atoms with Crippen LogP contribution in [-0.2, 0) is 38.6 Å². The molecule has 2 amide bonds. The zero-order valence-electron chi connectivity index (χ0n) is 33.6. The number of halogens is 2. The van der Waals surface area contributed by atoms with Gasteiger partial charge in [0.1, 0.15) is 16.9 Å². The highest BCUT2D eigenvalue weighted by atomic mass is 35.5. The number of carbonyl (C=O) groups excluding carboxylic acids is 4. The van der Waals surface area contributed by atoms with Crippen molar-refractivity contribution in [2.75, 3.05) is 40.0 Å². The zero-order valence-corrected chi connectivity index (χ0v) is 35.3. The number of piperazine rings is 1. The fourth-order valence-corrected chi connectivity index (χ4v) is 7.09. The number of fused-ring (bicyclic) bond motifs is 2. The largest absolute Gasteiger partial charge is 0.457 e. The monoisotopic (exact) mass is 857 g/mol. The molecule has 2 atom stereocenters. The number of nitrogens with zero attached hydrogens (tertiary/aromatic N) is 3. The first-order valence-electron chi connectivity index (χ1n) is 19.3. The zero-order chi connectivity index (χ0) is 40.6. The Morgan fingerprint density at radius 1 is 0.817 bits per heavy atom. The van der Waals surface area contributed by atoms with E-state index in [1.54, 1.807) is 43.5 Å². The number of rotatable bonds is 13. The van der Waals surface area contributed by atoms with Gasteiger partial charge < -0.3 is 34.2 Å². The van der Waals surface area contributed by atoms with Gasteiger partial charge in [-0.2, -0.15) is 0 Å². The second kappa shape index (κ2) is 20.4. The Morgan fingerprint density at radius 2 is 1.50 bits per heavy atom. The van der Waals surface area contributed by atoms with E-state index in [4.69, 9.17) is 18.6 Å². The van der Waals surface area contributed by atoms with Crippen molar-refractivity contribution in [2.45, 2.75) is 45.0 Å². The summed E-state index contributed by atoms with van der Waals surface area (Å²) in [6, 6.07) is 32.7. The number of hydrogen-bond donors (Lipinski definition) is 2. The number of aromatic nitrogens is 1. The smallest absolute Gasteiger partial charge is 0.421 e. The van der Waals surface area contributed by atoms with Crippen LogP contribution < -0.4 is 10.6 Å². The van der Waals surface area contributed by atoms with Crippen LogP contribution in [0.5, 0.6) is 0 Å². The lowest BCUT2D eigenvalue weighted by Gasteiger charge is -2.32. The topological polar surface area (TPSA) is 145 Å². The van der Waals surface area contributed by atoms with Gasteiger partial charge in [0.05, 0.1) is 17.1 Å². The van der Waals surface area contributed by atoms with E-state index in [0.29, 0.717) is 33.4 Å². The fourth-order valence-electron chi connectivity index (χ4n) is 7.09. The maximum Gasteiger partial charge on any atom is 0.421 e. The molecule has 1 saturated heterocycles. The average molecular weight is 859 g/mol. The van der Waals surface area contributed by atoms with Gasteiger partial charge in [-0.1, -0.05) is 78.9 Å². The SMILES string of the molecule is CC(NC(=O)C(C)(Cc1cn(C(=O)OCOC(=O)c2ccc(CN3CCN(C)CC3)cc2)c2ccccc12)NC(=O)OCc1cc2ccccc2o1)c1ccccc1.Cl.Cl. The summed E-state index contributed by atoms with van der Waals surface area (Å²) >= 11 is 0. The second-order valence-electron chi connectivity index (χ2n) is 14.8. The van der Waals surface area contributed by atoms with E-state index in [1.165, 1.54) is 4.57 Å². The first-order valence-corrected chi connectivity index (χ1v) is 19.3. The molecule has 60 heavy (non-hydrogen) atoms. The van der Waals surface area contributed by atoms with E-state index in [1.807, 2.05) is 85.8 Å². The summed E-state index contributed by atoms with van der Waals surface area (Å²) in [7, 11) is 2.12. The minimum Gasteiger partial charge on any atom is -0.457 e. The number of alkyl carbamates (subject to hydrolysis) is 1. The lowest BCUT2D eigenvalue weighted by molar-refractivity contribution is -0.127. The predicted molar refractivity (Wildman–Crippen MR) is 232 cm³/mol. The number of amides is 2. The van der Waals surface area contributed by atoms with Gasteiger partial charge in [-0.25, -0.2) is 14.4 Å². The second-order valence-corrected chi connectivity index (χ2v) is 14.8. The molecule has 0 bridgehead atoms. The molecule has 2 unspecified atom stereocenters. The van der Waals surface area contributed by atoms with Gasteiger partial charge in [0, 0.05) is 56.1 Å². The molecule has 1 fully saturated rings. The fraction of sp³-hybridized carbons (Fsp3) is 0.289. The molecule has 4 aromatic carbocycles. The van der Waals surface area contributed by atoms with Crippen molar-refractivity contribution in [2.24, 2.45) is 0 Å². The molecule has 6 aromatic rings. The van der Waals surface area contributed by atoms with E-state index >= 15 is 0 Å². The number of hydrogen-bond acceptors (Lipinski definition) is 10. The number of likely N-dealkylation sites (N-methyl/N-ethyl adjacent to an activating group) is 1. The molecule has 0 saturated carbocycles. The number of furan rings is 1. The van der Waals surface area contributed by atoms with E-state index in [2.05, 4.69) is 27.5 Å². The third kappa shape index (κ3) is 11.0. The van der Waals surface area contributed by atoms with E-state index in [-0.39, 0.29) is 43.9 Å². The minimum absolute atomic E-state index is 0. The van der Waals surface area contributed by atoms with Gasteiger partial charge in [0.15, 0.2) is 6.61 Å². The highest BCUT2D eigenvalue weighted by Gasteiger charge is 2.38. The molecule has 15 heteroatoms. The van der Waals surface area contributed by atoms with Crippen molar-refractivity contribution in [3.63, 3.8) is 0 Å². The van der Waals surface area contributed by atoms with Crippen LogP contribution in [0.2, 0.25) is 0 Å². The first kappa shape index (κ1) is 45.2. The third-order valence-corrected chi connectivity index (χ3v) is 10.4. The number of nitrogens with one attached hydrogen (secondary N) is 2. The predicted octanol–water partition coefficient (Wildman–Crippen LogP) is 7.88. The summed E-state index contributed by atoms with van der Waals surface area (Å²) in [6.45, 7) is 7.51. The molecular weight excluding hydrogens is 809 g/mol. The van der Waals surface area contributed by atoms with Crippen LogP contribution in [-0.4, -0.2) is 84.0 Å². The number of carbonyl (C=O) groups is 4. The Labute approximate surface area is 360 Å². The van der Waals surface area contributed by atoms with Crippen LogP contribution in [0.15, 0.2) is 120 Å². The van der Waals surface area contributed by atoms with Crippen LogP contribution in [0.25, 0.3) is 21.9 Å². The van der Waals surface area contributed by atoms with Gasteiger partial charge in [0.2, 0.25) is 12.7 Å². The summed E-state index contributed by atoms with van der Waals surface area (Å²) in [6.07, 6.45) is -0.0951. The lowest BCUT2D eigenvalue weighted by atomic mass is 9.91. The third-order valence-electron chi connectivity index (χ3n) is 10.4. The minimum atomic E-state index is -1.55. The van der Waals surface area contributed by atoms with Gasteiger partial charge >= 0.3 is 18.2 Å². The van der Waals surface area contributed by atoms with Crippen LogP contribution in [0, 0.1) is 0 Å². The maximum atomic E-state index is 14.1. The van der Waals surface area contributed by atoms with Crippen molar-refractivity contribution >= 4 is 70.7 Å². The average Bonchev–Trinajstić information content (AvgIpc) is 3.82. The number of esters is 1. The van der Waals surface area contributed by atoms with Crippen LogP contribution in [0.1, 0.15) is 52.7 Å². The molecule has 7 rings (SSSR count). The van der Waals surface area contributed by atoms with E-state index in [0.717, 1.165) is 49.2 Å². The molecule has 2 aromatic heterocycles. The molecular formula is C45H49Cl2N5O8. The standard InChI is InChI=1S/C45H47N5O8.2ClH/c1-31(33-11-5-4-6-12-33)46-42(52)45(2,47-43(53)55-29-37-25-35-13-7-10-16-40(35)58-37)26-36-28-50(39-15-9-8-14-38(36)39)44(54)57-30-56-41(51)34-19-17-32(18-20-34)27-49-23-21-48(3)22-24-49;;/h4-20,25,28,31H,21-24,26-27,29-30H2,1-3H3,(H,46,52)(H,47,53);2*1H. The highest BCUT2D eigenvalue weighted by Crippen LogP contribution is 2.27. The molecule has 0 spiro atoms. The van der Waals surface area contributed by atoms with Crippen molar-refractivity contribution in [1.29, 1.82) is 0 Å². The molecule has 2 N–H and O–H groups in total. The van der Waals surface area contributed by atoms with Crippen LogP contribution in [0.4, 0.5) is 9.59 Å². The van der Waals surface area contributed by atoms with Crippen LogP contribution >= 0.6 is 24.8 Å². The Hall–Kier alpha value is -5.86. The first-order chi connectivity index (χ1) is 28.0. The quantitative estimate of drug-likeness (QED) is 0.0870. The molecule has 1 aliphatic heterocycles. The highest BCUT2D eigenvalue weighted by molar-refractivity contribution is 5.95. The maximum absolute atomic E-state index is 14.1. The summed E-state index contributed by atoms with van der Waals surface area (Å²) in [4.78, 5) is 58.5. The van der Waals surface area contributed by atoms with E-state index < -0.39 is 36.4 Å². The summed E-state index contributed by atoms with van der Waals surface area (Å²) in [5.41, 5.74) is 2.50. The molecule has 0 aliphatic carbocycles. The van der Waals surface area contributed by atoms with Crippen molar-refractivity contribution in [3.8, 4) is 0 Å². The summed E-state index contributed by atoms with van der Waals surface area (Å²) < 4.78 is 23.4. The molecule has 316 valence electrons. The normalized spacial score (nSPS) is 14.5.